The molecule has 2 aromatic rings. The van der Waals surface area contributed by atoms with Crippen LogP contribution < -0.4 is 10.2 Å². The zero-order chi connectivity index (χ0) is 14.7. The minimum Gasteiger partial charge on any atom is -0.362 e. The number of nitrogens with one attached hydrogen (secondary N) is 1. The lowest BCUT2D eigenvalue weighted by atomic mass is 10.2. The van der Waals surface area contributed by atoms with Crippen LogP contribution in [-0.2, 0) is 0 Å². The molecule has 1 amide bonds. The Morgan fingerprint density at radius 1 is 1.25 bits per heavy atom. The number of anilines is 2. The first kappa shape index (κ1) is 15.0. The van der Waals surface area contributed by atoms with Crippen LogP contribution in [0.3, 0.4) is 0 Å². The maximum absolute atomic E-state index is 12.4. The van der Waals surface area contributed by atoms with E-state index in [1.807, 2.05) is 37.2 Å². The second-order valence-electron chi connectivity index (χ2n) is 4.35. The lowest BCUT2D eigenvalue weighted by Gasteiger charge is -2.15. The van der Waals surface area contributed by atoms with E-state index < -0.39 is 0 Å². The molecule has 0 saturated carbocycles. The molecule has 1 heterocycles. The Bertz CT molecular complexity index is 644. The fraction of sp³-hybridized carbons (Fsp3) is 0.143. The monoisotopic (exact) mass is 397 g/mol. The summed E-state index contributed by atoms with van der Waals surface area (Å²) >= 11 is 6.80. The van der Waals surface area contributed by atoms with Gasteiger partial charge in [-0.15, -0.1) is 0 Å². The highest BCUT2D eigenvalue weighted by Gasteiger charge is 2.14. The maximum Gasteiger partial charge on any atom is 0.259 e. The van der Waals surface area contributed by atoms with Gasteiger partial charge in [-0.1, -0.05) is 15.9 Å². The number of carbonyl (C=O) groups excluding carboxylic acids is 1. The molecular formula is C14H13Br2N3O. The second-order valence-corrected chi connectivity index (χ2v) is 6.12. The van der Waals surface area contributed by atoms with Crippen LogP contribution in [0.4, 0.5) is 11.5 Å². The Morgan fingerprint density at radius 3 is 2.65 bits per heavy atom. The van der Waals surface area contributed by atoms with E-state index in [0.717, 1.165) is 8.95 Å². The number of nitrogens with zero attached hydrogens (tertiary/aromatic N) is 2. The van der Waals surface area contributed by atoms with Crippen LogP contribution in [0.25, 0.3) is 0 Å². The molecule has 0 bridgehead atoms. The molecule has 0 atom stereocenters. The normalized spacial score (nSPS) is 10.2. The average Bonchev–Trinajstić information content (AvgIpc) is 2.41. The summed E-state index contributed by atoms with van der Waals surface area (Å²) in [6.07, 6.45) is 1.67. The number of aromatic nitrogens is 1. The molecule has 0 saturated heterocycles. The van der Waals surface area contributed by atoms with Gasteiger partial charge in [0.1, 0.15) is 5.82 Å². The van der Waals surface area contributed by atoms with Gasteiger partial charge in [0.05, 0.1) is 11.3 Å². The Hall–Kier alpha value is -1.40. The van der Waals surface area contributed by atoms with Crippen LogP contribution in [0.2, 0.25) is 0 Å². The van der Waals surface area contributed by atoms with Crippen LogP contribution in [0.15, 0.2) is 45.5 Å². The topological polar surface area (TPSA) is 45.2 Å². The summed E-state index contributed by atoms with van der Waals surface area (Å²) < 4.78 is 1.76. The molecule has 0 aliphatic heterocycles. The zero-order valence-electron chi connectivity index (χ0n) is 11.0. The first-order chi connectivity index (χ1) is 9.49. The van der Waals surface area contributed by atoms with E-state index >= 15 is 0 Å². The maximum atomic E-state index is 12.4. The van der Waals surface area contributed by atoms with Crippen molar-refractivity contribution in [1.82, 2.24) is 4.98 Å². The molecule has 6 heteroatoms. The highest BCUT2D eigenvalue weighted by Crippen LogP contribution is 2.27. The Balaban J connectivity index is 2.29. The van der Waals surface area contributed by atoms with Gasteiger partial charge in [0.2, 0.25) is 0 Å². The van der Waals surface area contributed by atoms with E-state index in [-0.39, 0.29) is 5.91 Å². The average molecular weight is 399 g/mol. The first-order valence-corrected chi connectivity index (χ1v) is 7.46. The van der Waals surface area contributed by atoms with Crippen molar-refractivity contribution in [3.63, 3.8) is 0 Å². The molecular weight excluding hydrogens is 386 g/mol. The molecule has 0 aliphatic rings. The Morgan fingerprint density at radius 2 is 2.00 bits per heavy atom. The molecule has 1 aromatic heterocycles. The first-order valence-electron chi connectivity index (χ1n) is 5.88. The SMILES string of the molecule is CN(C)c1ncccc1C(=O)Nc1ccc(Br)cc1Br. The smallest absolute Gasteiger partial charge is 0.259 e. The summed E-state index contributed by atoms with van der Waals surface area (Å²) in [4.78, 5) is 18.4. The lowest BCUT2D eigenvalue weighted by Crippen LogP contribution is -2.19. The predicted molar refractivity (Wildman–Crippen MR) is 88.4 cm³/mol. The fourth-order valence-corrected chi connectivity index (χ4v) is 2.86. The highest BCUT2D eigenvalue weighted by molar-refractivity contribution is 9.11. The van der Waals surface area contributed by atoms with Crippen molar-refractivity contribution < 1.29 is 4.79 Å². The van der Waals surface area contributed by atoms with Crippen molar-refractivity contribution in [2.75, 3.05) is 24.3 Å². The van der Waals surface area contributed by atoms with E-state index in [9.17, 15) is 4.79 Å². The van der Waals surface area contributed by atoms with E-state index in [1.54, 1.807) is 18.3 Å². The summed E-state index contributed by atoms with van der Waals surface area (Å²) in [5.74, 6) is 0.447. The van der Waals surface area contributed by atoms with Crippen LogP contribution in [0.5, 0.6) is 0 Å². The summed E-state index contributed by atoms with van der Waals surface area (Å²) in [5.41, 5.74) is 1.25. The van der Waals surface area contributed by atoms with Gasteiger partial charge in [0.25, 0.3) is 5.91 Å². The van der Waals surface area contributed by atoms with Gasteiger partial charge in [0, 0.05) is 29.2 Å². The number of benzene rings is 1. The number of halogens is 2. The molecule has 104 valence electrons. The van der Waals surface area contributed by atoms with E-state index in [1.165, 1.54) is 0 Å². The quantitative estimate of drug-likeness (QED) is 0.851. The zero-order valence-corrected chi connectivity index (χ0v) is 14.2. The van der Waals surface area contributed by atoms with Crippen molar-refractivity contribution in [3.8, 4) is 0 Å². The Kier molecular flexibility index (Phi) is 4.77. The molecule has 0 fully saturated rings. The molecule has 20 heavy (non-hydrogen) atoms. The predicted octanol–water partition coefficient (Wildman–Crippen LogP) is 3.92. The molecule has 2 rings (SSSR count). The lowest BCUT2D eigenvalue weighted by molar-refractivity contribution is 0.102. The Labute approximate surface area is 134 Å². The standard InChI is InChI=1S/C14H13Br2N3O/c1-19(2)13-10(4-3-7-17-13)14(20)18-12-6-5-9(15)8-11(12)16/h3-8H,1-2H3,(H,18,20). The molecule has 0 spiro atoms. The van der Waals surface area contributed by atoms with Crippen molar-refractivity contribution in [2.24, 2.45) is 0 Å². The minimum atomic E-state index is -0.190. The van der Waals surface area contributed by atoms with Gasteiger partial charge < -0.3 is 10.2 Å². The molecule has 0 unspecified atom stereocenters. The number of rotatable bonds is 3. The molecule has 1 N–H and O–H groups in total. The van der Waals surface area contributed by atoms with Crippen molar-refractivity contribution in [3.05, 3.63) is 51.0 Å². The van der Waals surface area contributed by atoms with Gasteiger partial charge in [-0.05, 0) is 46.3 Å². The minimum absolute atomic E-state index is 0.190. The number of pyridine rings is 1. The van der Waals surface area contributed by atoms with E-state index in [0.29, 0.717) is 17.1 Å². The summed E-state index contributed by atoms with van der Waals surface area (Å²) in [7, 11) is 3.71. The molecule has 4 nitrogen and oxygen atoms in total. The van der Waals surface area contributed by atoms with Crippen molar-refractivity contribution >= 4 is 49.3 Å². The molecule has 0 aliphatic carbocycles. The van der Waals surface area contributed by atoms with Gasteiger partial charge >= 0.3 is 0 Å². The summed E-state index contributed by atoms with van der Waals surface area (Å²) in [6.45, 7) is 0. The number of amides is 1. The number of carbonyl (C=O) groups is 1. The van der Waals surface area contributed by atoms with Crippen LogP contribution in [-0.4, -0.2) is 25.0 Å². The van der Waals surface area contributed by atoms with Gasteiger partial charge in [0.15, 0.2) is 0 Å². The third kappa shape index (κ3) is 3.37. The van der Waals surface area contributed by atoms with E-state index in [2.05, 4.69) is 42.2 Å². The largest absolute Gasteiger partial charge is 0.362 e. The van der Waals surface area contributed by atoms with Crippen LogP contribution in [0.1, 0.15) is 10.4 Å². The van der Waals surface area contributed by atoms with Gasteiger partial charge in [-0.2, -0.15) is 0 Å². The van der Waals surface area contributed by atoms with Crippen LogP contribution >= 0.6 is 31.9 Å². The third-order valence-electron chi connectivity index (χ3n) is 2.63. The van der Waals surface area contributed by atoms with Crippen LogP contribution in [0, 0.1) is 0 Å². The second kappa shape index (κ2) is 6.37. The van der Waals surface area contributed by atoms with Gasteiger partial charge in [-0.25, -0.2) is 4.98 Å². The van der Waals surface area contributed by atoms with Crippen molar-refractivity contribution in [1.29, 1.82) is 0 Å². The van der Waals surface area contributed by atoms with Crippen molar-refractivity contribution in [2.45, 2.75) is 0 Å². The molecule has 0 radical (unpaired) electrons. The highest BCUT2D eigenvalue weighted by atomic mass is 79.9. The molecule has 1 aromatic carbocycles. The number of hydrogen-bond donors (Lipinski definition) is 1. The number of hydrogen-bond acceptors (Lipinski definition) is 3. The fourth-order valence-electron chi connectivity index (χ4n) is 1.71. The third-order valence-corrected chi connectivity index (χ3v) is 3.78. The van der Waals surface area contributed by atoms with E-state index in [4.69, 9.17) is 0 Å². The summed E-state index contributed by atoms with van der Waals surface area (Å²) in [5, 5.41) is 2.88. The summed E-state index contributed by atoms with van der Waals surface area (Å²) in [6, 6.07) is 9.09. The van der Waals surface area contributed by atoms with Gasteiger partial charge in [-0.3, -0.25) is 4.79 Å².